The number of fused-ring (bicyclic) bond motifs is 1. The summed E-state index contributed by atoms with van der Waals surface area (Å²) in [6, 6.07) is 6.75. The van der Waals surface area contributed by atoms with Crippen molar-refractivity contribution < 1.29 is 4.42 Å². The van der Waals surface area contributed by atoms with Crippen molar-refractivity contribution in [3.05, 3.63) is 45.2 Å². The van der Waals surface area contributed by atoms with E-state index in [0.29, 0.717) is 11.0 Å². The Kier molecular flexibility index (Phi) is 2.22. The Morgan fingerprint density at radius 1 is 1.12 bits per heavy atom. The van der Waals surface area contributed by atoms with E-state index in [9.17, 15) is 9.59 Å². The second kappa shape index (κ2) is 3.33. The Balaban J connectivity index is 2.99. The van der Waals surface area contributed by atoms with Crippen LogP contribution < -0.4 is 11.3 Å². The van der Waals surface area contributed by atoms with Gasteiger partial charge in [0.05, 0.1) is 5.39 Å². The van der Waals surface area contributed by atoms with Gasteiger partial charge in [-0.1, -0.05) is 12.1 Å². The van der Waals surface area contributed by atoms with Crippen molar-refractivity contribution in [3.8, 4) is 0 Å². The third kappa shape index (κ3) is 1.56. The summed E-state index contributed by atoms with van der Waals surface area (Å²) in [5.74, 6) is -0.615. The topological polar surface area (TPSA) is 52.2 Å². The number of rotatable bonds is 0. The second-order valence-electron chi connectivity index (χ2n) is 4.68. The molecule has 16 heavy (non-hydrogen) atoms. The lowest BCUT2D eigenvalue weighted by molar-refractivity contribution is 0.322. The van der Waals surface area contributed by atoms with E-state index in [-0.39, 0.29) is 5.56 Å². The van der Waals surface area contributed by atoms with Crippen molar-refractivity contribution in [2.24, 2.45) is 0 Å². The van der Waals surface area contributed by atoms with Crippen molar-refractivity contribution in [1.29, 1.82) is 0 Å². The molecular formula is C12H13NO3. The first-order valence-corrected chi connectivity index (χ1v) is 5.06. The predicted molar refractivity (Wildman–Crippen MR) is 61.7 cm³/mol. The monoisotopic (exact) mass is 219 g/mol. The summed E-state index contributed by atoms with van der Waals surface area (Å²) in [6.07, 6.45) is 0. The minimum absolute atomic E-state index is 0.306. The van der Waals surface area contributed by atoms with Gasteiger partial charge in [0.25, 0.3) is 5.56 Å². The summed E-state index contributed by atoms with van der Waals surface area (Å²) >= 11 is 0. The highest BCUT2D eigenvalue weighted by atomic mass is 16.4. The van der Waals surface area contributed by atoms with E-state index in [0.717, 1.165) is 4.57 Å². The van der Waals surface area contributed by atoms with Gasteiger partial charge in [-0.15, -0.1) is 0 Å². The molecule has 84 valence electrons. The Morgan fingerprint density at radius 3 is 2.38 bits per heavy atom. The van der Waals surface area contributed by atoms with Crippen molar-refractivity contribution in [3.63, 3.8) is 0 Å². The molecule has 0 atom stereocenters. The van der Waals surface area contributed by atoms with Gasteiger partial charge in [0.15, 0.2) is 0 Å². The van der Waals surface area contributed by atoms with Gasteiger partial charge in [-0.2, -0.15) is 0 Å². The average molecular weight is 219 g/mol. The Hall–Kier alpha value is -1.84. The fourth-order valence-electron chi connectivity index (χ4n) is 1.65. The lowest BCUT2D eigenvalue weighted by atomic mass is 10.1. The molecular weight excluding hydrogens is 206 g/mol. The zero-order valence-electron chi connectivity index (χ0n) is 9.48. The normalized spacial score (nSPS) is 11.9. The van der Waals surface area contributed by atoms with Crippen LogP contribution >= 0.6 is 0 Å². The zero-order valence-corrected chi connectivity index (χ0v) is 9.48. The molecule has 0 aliphatic heterocycles. The SMILES string of the molecule is CC(C)(C)n1c(=O)oc2ccccc2c1=O. The molecule has 0 fully saturated rings. The van der Waals surface area contributed by atoms with Crippen LogP contribution in [0.15, 0.2) is 38.3 Å². The highest BCUT2D eigenvalue weighted by Gasteiger charge is 2.20. The summed E-state index contributed by atoms with van der Waals surface area (Å²) < 4.78 is 6.24. The van der Waals surface area contributed by atoms with Gasteiger partial charge in [0.2, 0.25) is 0 Å². The number of para-hydroxylation sites is 1. The van der Waals surface area contributed by atoms with E-state index in [2.05, 4.69) is 0 Å². The summed E-state index contributed by atoms with van der Waals surface area (Å²) in [6.45, 7) is 5.38. The van der Waals surface area contributed by atoms with Crippen LogP contribution in [0.4, 0.5) is 0 Å². The van der Waals surface area contributed by atoms with E-state index in [1.54, 1.807) is 45.0 Å². The average Bonchev–Trinajstić information content (AvgIpc) is 2.15. The van der Waals surface area contributed by atoms with Crippen molar-refractivity contribution >= 4 is 11.0 Å². The Bertz CT molecular complexity index is 644. The third-order valence-electron chi connectivity index (χ3n) is 2.37. The summed E-state index contributed by atoms with van der Waals surface area (Å²) in [5.41, 5.74) is -0.556. The lowest BCUT2D eigenvalue weighted by Gasteiger charge is -2.20. The van der Waals surface area contributed by atoms with Gasteiger partial charge in [-0.25, -0.2) is 9.36 Å². The van der Waals surface area contributed by atoms with Gasteiger partial charge in [0, 0.05) is 5.54 Å². The highest BCUT2D eigenvalue weighted by Crippen LogP contribution is 2.11. The standard InChI is InChI=1S/C12H13NO3/c1-12(2,3)13-10(14)8-6-4-5-7-9(8)16-11(13)15/h4-7H,1-3H3. The van der Waals surface area contributed by atoms with Gasteiger partial charge in [0.1, 0.15) is 5.58 Å². The van der Waals surface area contributed by atoms with Gasteiger partial charge in [-0.05, 0) is 32.9 Å². The van der Waals surface area contributed by atoms with Crippen LogP contribution in [0.2, 0.25) is 0 Å². The molecule has 1 aromatic carbocycles. The molecule has 4 heteroatoms. The quantitative estimate of drug-likeness (QED) is 0.677. The molecule has 2 rings (SSSR count). The van der Waals surface area contributed by atoms with Crippen LogP contribution in [0.1, 0.15) is 20.8 Å². The van der Waals surface area contributed by atoms with Gasteiger partial charge in [-0.3, -0.25) is 4.79 Å². The number of nitrogens with zero attached hydrogens (tertiary/aromatic N) is 1. The first-order chi connectivity index (χ1) is 7.41. The first kappa shape index (κ1) is 10.7. The summed E-state index contributed by atoms with van der Waals surface area (Å²) in [5, 5.41) is 0.428. The smallest absolute Gasteiger partial charge is 0.409 e. The van der Waals surface area contributed by atoms with Crippen LogP contribution in [0.3, 0.4) is 0 Å². The van der Waals surface area contributed by atoms with Crippen molar-refractivity contribution in [2.75, 3.05) is 0 Å². The fourth-order valence-corrected chi connectivity index (χ4v) is 1.65. The molecule has 0 aliphatic rings. The van der Waals surface area contributed by atoms with Crippen LogP contribution in [-0.2, 0) is 5.54 Å². The van der Waals surface area contributed by atoms with Crippen molar-refractivity contribution in [1.82, 2.24) is 4.57 Å². The maximum atomic E-state index is 12.1. The van der Waals surface area contributed by atoms with E-state index >= 15 is 0 Å². The number of hydrogen-bond donors (Lipinski definition) is 0. The molecule has 0 saturated carbocycles. The Morgan fingerprint density at radius 2 is 1.75 bits per heavy atom. The van der Waals surface area contributed by atoms with E-state index < -0.39 is 11.3 Å². The van der Waals surface area contributed by atoms with E-state index in [4.69, 9.17) is 4.42 Å². The largest absolute Gasteiger partial charge is 0.422 e. The number of hydrogen-bond acceptors (Lipinski definition) is 3. The zero-order chi connectivity index (χ0) is 11.9. The molecule has 1 aromatic heterocycles. The van der Waals surface area contributed by atoms with Crippen molar-refractivity contribution in [2.45, 2.75) is 26.3 Å². The van der Waals surface area contributed by atoms with Crippen LogP contribution in [0.25, 0.3) is 11.0 Å². The lowest BCUT2D eigenvalue weighted by Crippen LogP contribution is -2.42. The molecule has 0 unspecified atom stereocenters. The highest BCUT2D eigenvalue weighted by molar-refractivity contribution is 5.74. The van der Waals surface area contributed by atoms with Crippen LogP contribution in [0, 0.1) is 0 Å². The van der Waals surface area contributed by atoms with E-state index in [1.165, 1.54) is 0 Å². The predicted octanol–water partition coefficient (Wildman–Crippen LogP) is 1.71. The maximum absolute atomic E-state index is 12.1. The summed E-state index contributed by atoms with van der Waals surface area (Å²) in [4.78, 5) is 23.8. The number of benzene rings is 1. The molecule has 0 N–H and O–H groups in total. The molecule has 4 nitrogen and oxygen atoms in total. The second-order valence-corrected chi connectivity index (χ2v) is 4.68. The molecule has 0 amide bonds. The molecule has 0 radical (unpaired) electrons. The fraction of sp³-hybridized carbons (Fsp3) is 0.333. The molecule has 0 aliphatic carbocycles. The Labute approximate surface area is 92.1 Å². The summed E-state index contributed by atoms with van der Waals surface area (Å²) in [7, 11) is 0. The van der Waals surface area contributed by atoms with E-state index in [1.807, 2.05) is 0 Å². The van der Waals surface area contributed by atoms with Gasteiger partial charge < -0.3 is 4.42 Å². The maximum Gasteiger partial charge on any atom is 0.422 e. The molecule has 0 bridgehead atoms. The molecule has 0 spiro atoms. The van der Waals surface area contributed by atoms with Gasteiger partial charge >= 0.3 is 5.76 Å². The van der Waals surface area contributed by atoms with Crippen LogP contribution in [-0.4, -0.2) is 4.57 Å². The first-order valence-electron chi connectivity index (χ1n) is 5.06. The number of aromatic nitrogens is 1. The molecule has 1 heterocycles. The molecule has 2 aromatic rings. The minimum Gasteiger partial charge on any atom is -0.409 e. The minimum atomic E-state index is -0.615. The van der Waals surface area contributed by atoms with Crippen LogP contribution in [0.5, 0.6) is 0 Å². The third-order valence-corrected chi connectivity index (χ3v) is 2.37. The molecule has 0 saturated heterocycles.